The molecule has 1 aromatic heterocycles. The van der Waals surface area contributed by atoms with Crippen molar-refractivity contribution in [2.24, 2.45) is 0 Å². The number of hydrogen-bond donors (Lipinski definition) is 1. The van der Waals surface area contributed by atoms with Gasteiger partial charge in [0.15, 0.2) is 0 Å². The molecule has 0 unspecified atom stereocenters. The molecule has 1 aliphatic rings. The highest BCUT2D eigenvalue weighted by Crippen LogP contribution is 2.23. The lowest BCUT2D eigenvalue weighted by atomic mass is 10.1. The fraction of sp³-hybridized carbons (Fsp3) is 0.476. The number of aromatic nitrogens is 2. The van der Waals surface area contributed by atoms with Crippen LogP contribution in [0.5, 0.6) is 0 Å². The molecule has 1 N–H and O–H groups in total. The summed E-state index contributed by atoms with van der Waals surface area (Å²) in [4.78, 5) is 23.3. The second-order valence-corrected chi connectivity index (χ2v) is 6.85. The molecule has 0 aliphatic carbocycles. The van der Waals surface area contributed by atoms with Crippen LogP contribution in [-0.2, 0) is 0 Å². The standard InChI is InChI=1S/C21H28N4O/c1-2-3-5-12-22-21(26)18-10-8-17(9-11-18)19-15-20(24-16-23-19)25-13-6-4-7-14-25/h8-11,15-16H,2-7,12-14H2,1H3,(H,22,26). The Morgan fingerprint density at radius 3 is 2.58 bits per heavy atom. The fourth-order valence-corrected chi connectivity index (χ4v) is 3.27. The van der Waals surface area contributed by atoms with E-state index in [0.717, 1.165) is 56.0 Å². The minimum atomic E-state index is -0.00986. The third kappa shape index (κ3) is 4.81. The largest absolute Gasteiger partial charge is 0.357 e. The Labute approximate surface area is 155 Å². The van der Waals surface area contributed by atoms with Crippen LogP contribution in [0, 0.1) is 0 Å². The molecule has 0 radical (unpaired) electrons. The van der Waals surface area contributed by atoms with E-state index in [9.17, 15) is 4.79 Å². The molecule has 1 aromatic carbocycles. The summed E-state index contributed by atoms with van der Waals surface area (Å²) in [5.41, 5.74) is 2.60. The van der Waals surface area contributed by atoms with Crippen LogP contribution in [-0.4, -0.2) is 35.5 Å². The van der Waals surface area contributed by atoms with Gasteiger partial charge in [-0.25, -0.2) is 9.97 Å². The van der Waals surface area contributed by atoms with E-state index >= 15 is 0 Å². The summed E-state index contributed by atoms with van der Waals surface area (Å²) in [6.45, 7) is 5.02. The number of carbonyl (C=O) groups excluding carboxylic acids is 1. The molecule has 1 amide bonds. The number of unbranched alkanes of at least 4 members (excludes halogenated alkanes) is 2. The first-order valence-electron chi connectivity index (χ1n) is 9.73. The van der Waals surface area contributed by atoms with E-state index in [-0.39, 0.29) is 5.91 Å². The van der Waals surface area contributed by atoms with E-state index < -0.39 is 0 Å². The van der Waals surface area contributed by atoms with Crippen LogP contribution < -0.4 is 10.2 Å². The molecular weight excluding hydrogens is 324 g/mol. The van der Waals surface area contributed by atoms with E-state index in [1.807, 2.05) is 30.3 Å². The van der Waals surface area contributed by atoms with Crippen molar-refractivity contribution in [3.63, 3.8) is 0 Å². The highest BCUT2D eigenvalue weighted by atomic mass is 16.1. The van der Waals surface area contributed by atoms with E-state index in [4.69, 9.17) is 0 Å². The van der Waals surface area contributed by atoms with Crippen LogP contribution in [0.15, 0.2) is 36.7 Å². The van der Waals surface area contributed by atoms with Gasteiger partial charge >= 0.3 is 0 Å². The predicted molar refractivity (Wildman–Crippen MR) is 105 cm³/mol. The molecule has 0 atom stereocenters. The van der Waals surface area contributed by atoms with Gasteiger partial charge in [0, 0.05) is 36.8 Å². The van der Waals surface area contributed by atoms with Crippen molar-refractivity contribution in [1.29, 1.82) is 0 Å². The molecule has 5 nitrogen and oxygen atoms in total. The molecule has 26 heavy (non-hydrogen) atoms. The zero-order valence-corrected chi connectivity index (χ0v) is 15.6. The van der Waals surface area contributed by atoms with Crippen LogP contribution >= 0.6 is 0 Å². The lowest BCUT2D eigenvalue weighted by molar-refractivity contribution is 0.0953. The lowest BCUT2D eigenvalue weighted by Crippen LogP contribution is -2.30. The molecule has 0 saturated carbocycles. The molecule has 0 spiro atoms. The van der Waals surface area contributed by atoms with Gasteiger partial charge in [-0.1, -0.05) is 31.9 Å². The van der Waals surface area contributed by atoms with Crippen LogP contribution in [0.3, 0.4) is 0 Å². The molecule has 1 saturated heterocycles. The smallest absolute Gasteiger partial charge is 0.251 e. The highest BCUT2D eigenvalue weighted by molar-refractivity contribution is 5.94. The number of nitrogens with one attached hydrogen (secondary N) is 1. The third-order valence-electron chi connectivity index (χ3n) is 4.84. The van der Waals surface area contributed by atoms with Crippen LogP contribution in [0.25, 0.3) is 11.3 Å². The molecule has 2 aromatic rings. The van der Waals surface area contributed by atoms with E-state index in [2.05, 4.69) is 27.1 Å². The molecule has 2 heterocycles. The number of benzene rings is 1. The monoisotopic (exact) mass is 352 g/mol. The Kier molecular flexibility index (Phi) is 6.58. The zero-order valence-electron chi connectivity index (χ0n) is 15.6. The maximum Gasteiger partial charge on any atom is 0.251 e. The fourth-order valence-electron chi connectivity index (χ4n) is 3.27. The van der Waals surface area contributed by atoms with Crippen molar-refractivity contribution in [1.82, 2.24) is 15.3 Å². The Balaban J connectivity index is 1.65. The number of nitrogens with zero attached hydrogens (tertiary/aromatic N) is 3. The van der Waals surface area contributed by atoms with Crippen LogP contribution in [0.4, 0.5) is 5.82 Å². The topological polar surface area (TPSA) is 58.1 Å². The summed E-state index contributed by atoms with van der Waals surface area (Å²) >= 11 is 0. The van der Waals surface area contributed by atoms with Gasteiger partial charge in [0.05, 0.1) is 5.69 Å². The molecule has 5 heteroatoms. The Morgan fingerprint density at radius 1 is 1.08 bits per heavy atom. The average Bonchev–Trinajstić information content (AvgIpc) is 2.72. The predicted octanol–water partition coefficient (Wildman–Crippen LogP) is 4.05. The van der Waals surface area contributed by atoms with Crippen molar-refractivity contribution in [2.75, 3.05) is 24.5 Å². The third-order valence-corrected chi connectivity index (χ3v) is 4.84. The number of rotatable bonds is 7. The minimum Gasteiger partial charge on any atom is -0.357 e. The summed E-state index contributed by atoms with van der Waals surface area (Å²) in [5, 5.41) is 2.97. The van der Waals surface area contributed by atoms with E-state index in [1.165, 1.54) is 19.3 Å². The lowest BCUT2D eigenvalue weighted by Gasteiger charge is -2.27. The molecule has 3 rings (SSSR count). The van der Waals surface area contributed by atoms with Crippen molar-refractivity contribution in [3.8, 4) is 11.3 Å². The van der Waals surface area contributed by atoms with Gasteiger partial charge in [0.2, 0.25) is 0 Å². The number of hydrogen-bond acceptors (Lipinski definition) is 4. The van der Waals surface area contributed by atoms with Crippen molar-refractivity contribution in [2.45, 2.75) is 45.4 Å². The summed E-state index contributed by atoms with van der Waals surface area (Å²) in [7, 11) is 0. The van der Waals surface area contributed by atoms with Gasteiger partial charge in [0.1, 0.15) is 12.1 Å². The number of piperidine rings is 1. The zero-order chi connectivity index (χ0) is 18.2. The van der Waals surface area contributed by atoms with Gasteiger partial charge in [-0.3, -0.25) is 4.79 Å². The maximum absolute atomic E-state index is 12.2. The first-order chi connectivity index (χ1) is 12.8. The van der Waals surface area contributed by atoms with Gasteiger partial charge in [-0.15, -0.1) is 0 Å². The average molecular weight is 352 g/mol. The second-order valence-electron chi connectivity index (χ2n) is 6.85. The van der Waals surface area contributed by atoms with Gasteiger partial charge in [-0.05, 0) is 37.8 Å². The van der Waals surface area contributed by atoms with Crippen molar-refractivity contribution >= 4 is 11.7 Å². The highest BCUT2D eigenvalue weighted by Gasteiger charge is 2.13. The molecule has 1 fully saturated rings. The SMILES string of the molecule is CCCCCNC(=O)c1ccc(-c2cc(N3CCCCC3)ncn2)cc1. The Morgan fingerprint density at radius 2 is 1.85 bits per heavy atom. The molecule has 0 bridgehead atoms. The van der Waals surface area contributed by atoms with Gasteiger partial charge < -0.3 is 10.2 Å². The second kappa shape index (κ2) is 9.32. The Bertz CT molecular complexity index is 708. The quantitative estimate of drug-likeness (QED) is 0.764. The number of amides is 1. The molecule has 138 valence electrons. The number of carbonyl (C=O) groups is 1. The van der Waals surface area contributed by atoms with Crippen LogP contribution in [0.1, 0.15) is 55.8 Å². The minimum absolute atomic E-state index is 0.00986. The van der Waals surface area contributed by atoms with Gasteiger partial charge in [-0.2, -0.15) is 0 Å². The van der Waals surface area contributed by atoms with Crippen molar-refractivity contribution in [3.05, 3.63) is 42.2 Å². The van der Waals surface area contributed by atoms with Crippen LogP contribution in [0.2, 0.25) is 0 Å². The maximum atomic E-state index is 12.2. The van der Waals surface area contributed by atoms with E-state index in [1.54, 1.807) is 6.33 Å². The normalized spacial score (nSPS) is 14.3. The number of anilines is 1. The molecular formula is C21H28N4O. The molecule has 1 aliphatic heterocycles. The summed E-state index contributed by atoms with van der Waals surface area (Å²) in [6.07, 6.45) is 8.71. The summed E-state index contributed by atoms with van der Waals surface area (Å²) < 4.78 is 0. The summed E-state index contributed by atoms with van der Waals surface area (Å²) in [5.74, 6) is 0.983. The van der Waals surface area contributed by atoms with Crippen molar-refractivity contribution < 1.29 is 4.79 Å². The summed E-state index contributed by atoms with van der Waals surface area (Å²) in [6, 6.07) is 9.71. The van der Waals surface area contributed by atoms with Gasteiger partial charge in [0.25, 0.3) is 5.91 Å². The Hall–Kier alpha value is -2.43. The first-order valence-corrected chi connectivity index (χ1v) is 9.73. The first kappa shape index (κ1) is 18.4. The van der Waals surface area contributed by atoms with E-state index in [0.29, 0.717) is 5.56 Å².